The Morgan fingerprint density at radius 3 is 2.57 bits per heavy atom. The summed E-state index contributed by atoms with van der Waals surface area (Å²) < 4.78 is 5.59. The van der Waals surface area contributed by atoms with E-state index in [0.717, 1.165) is 29.0 Å². The molecule has 0 bridgehead atoms. The Bertz CT molecular complexity index is 679. The van der Waals surface area contributed by atoms with Crippen LogP contribution in [0.1, 0.15) is 42.9 Å². The van der Waals surface area contributed by atoms with Gasteiger partial charge in [0.25, 0.3) is 5.91 Å². The van der Waals surface area contributed by atoms with E-state index in [4.69, 9.17) is 4.74 Å². The average Bonchev–Trinajstić information content (AvgIpc) is 2.55. The van der Waals surface area contributed by atoms with Crippen molar-refractivity contribution in [1.82, 2.24) is 0 Å². The number of para-hydroxylation sites is 1. The third-order valence-electron chi connectivity index (χ3n) is 4.23. The molecule has 3 heteroatoms. The van der Waals surface area contributed by atoms with E-state index in [2.05, 4.69) is 32.2 Å². The molecule has 0 saturated heterocycles. The molecule has 0 radical (unpaired) electrons. The first kappa shape index (κ1) is 17.1. The molecule has 3 nitrogen and oxygen atoms in total. The summed E-state index contributed by atoms with van der Waals surface area (Å²) in [6.07, 6.45) is 1.03. The van der Waals surface area contributed by atoms with Crippen LogP contribution in [-0.4, -0.2) is 12.5 Å². The fraction of sp³-hybridized carbons (Fsp3) is 0.350. The summed E-state index contributed by atoms with van der Waals surface area (Å²) in [4.78, 5) is 12.2. The SMILES string of the molecule is CC[C@@H](C)c1ccccc1NC(=O)COc1ccc(C)c(C)c1. The van der Waals surface area contributed by atoms with Crippen LogP contribution in [0.4, 0.5) is 5.69 Å². The van der Waals surface area contributed by atoms with Gasteiger partial charge in [0.1, 0.15) is 5.75 Å². The van der Waals surface area contributed by atoms with Gasteiger partial charge in [-0.2, -0.15) is 0 Å². The van der Waals surface area contributed by atoms with Crippen LogP contribution in [0.15, 0.2) is 42.5 Å². The number of amides is 1. The lowest BCUT2D eigenvalue weighted by Crippen LogP contribution is -2.21. The second kappa shape index (κ2) is 7.82. The molecule has 23 heavy (non-hydrogen) atoms. The number of nitrogens with one attached hydrogen (secondary N) is 1. The first-order chi connectivity index (χ1) is 11.0. The van der Waals surface area contributed by atoms with Crippen molar-refractivity contribution in [3.63, 3.8) is 0 Å². The van der Waals surface area contributed by atoms with E-state index in [-0.39, 0.29) is 12.5 Å². The van der Waals surface area contributed by atoms with Crippen LogP contribution < -0.4 is 10.1 Å². The first-order valence-corrected chi connectivity index (χ1v) is 8.10. The Morgan fingerprint density at radius 1 is 1.13 bits per heavy atom. The number of aryl methyl sites for hydroxylation is 2. The Balaban J connectivity index is 1.98. The van der Waals surface area contributed by atoms with Crippen LogP contribution in [0.25, 0.3) is 0 Å². The van der Waals surface area contributed by atoms with Crippen LogP contribution in [0.5, 0.6) is 5.75 Å². The van der Waals surface area contributed by atoms with Gasteiger partial charge in [0.15, 0.2) is 6.61 Å². The maximum Gasteiger partial charge on any atom is 0.262 e. The predicted octanol–water partition coefficient (Wildman–Crippen LogP) is 4.83. The summed E-state index contributed by atoms with van der Waals surface area (Å²) >= 11 is 0. The molecule has 2 rings (SSSR count). The Morgan fingerprint density at radius 2 is 1.87 bits per heavy atom. The molecule has 0 fully saturated rings. The van der Waals surface area contributed by atoms with Crippen molar-refractivity contribution in [2.45, 2.75) is 40.0 Å². The molecule has 0 aliphatic heterocycles. The Hall–Kier alpha value is -2.29. The minimum Gasteiger partial charge on any atom is -0.484 e. The number of hydrogen-bond donors (Lipinski definition) is 1. The molecule has 2 aromatic carbocycles. The van der Waals surface area contributed by atoms with Gasteiger partial charge >= 0.3 is 0 Å². The van der Waals surface area contributed by atoms with Crippen LogP contribution >= 0.6 is 0 Å². The zero-order chi connectivity index (χ0) is 16.8. The third-order valence-corrected chi connectivity index (χ3v) is 4.23. The molecule has 0 heterocycles. The molecule has 0 aliphatic rings. The van der Waals surface area contributed by atoms with Gasteiger partial charge in [-0.3, -0.25) is 4.79 Å². The number of benzene rings is 2. The molecule has 0 aliphatic carbocycles. The fourth-order valence-electron chi connectivity index (χ4n) is 2.40. The van der Waals surface area contributed by atoms with E-state index >= 15 is 0 Å². The van der Waals surface area contributed by atoms with Crippen LogP contribution in [0.3, 0.4) is 0 Å². The molecule has 0 aromatic heterocycles. The van der Waals surface area contributed by atoms with Gasteiger partial charge in [0.2, 0.25) is 0 Å². The van der Waals surface area contributed by atoms with E-state index in [1.807, 2.05) is 43.3 Å². The van der Waals surface area contributed by atoms with Crippen molar-refractivity contribution in [3.8, 4) is 5.75 Å². The molecule has 122 valence electrons. The summed E-state index contributed by atoms with van der Waals surface area (Å²) in [6.45, 7) is 8.41. The average molecular weight is 311 g/mol. The lowest BCUT2D eigenvalue weighted by molar-refractivity contribution is -0.118. The van der Waals surface area contributed by atoms with Gasteiger partial charge in [0, 0.05) is 5.69 Å². The maximum absolute atomic E-state index is 12.2. The summed E-state index contributed by atoms with van der Waals surface area (Å²) in [5.74, 6) is 0.990. The molecule has 0 unspecified atom stereocenters. The topological polar surface area (TPSA) is 38.3 Å². The second-order valence-electron chi connectivity index (χ2n) is 5.98. The predicted molar refractivity (Wildman–Crippen MR) is 95.2 cm³/mol. The number of anilines is 1. The van der Waals surface area contributed by atoms with Gasteiger partial charge in [-0.05, 0) is 61.1 Å². The van der Waals surface area contributed by atoms with Crippen LogP contribution in [0, 0.1) is 13.8 Å². The van der Waals surface area contributed by atoms with E-state index < -0.39 is 0 Å². The van der Waals surface area contributed by atoms with Crippen molar-refractivity contribution >= 4 is 11.6 Å². The van der Waals surface area contributed by atoms with E-state index in [9.17, 15) is 4.79 Å². The van der Waals surface area contributed by atoms with E-state index in [1.54, 1.807) is 0 Å². The molecule has 1 amide bonds. The zero-order valence-electron chi connectivity index (χ0n) is 14.3. The third kappa shape index (κ3) is 4.59. The van der Waals surface area contributed by atoms with Crippen LogP contribution in [0.2, 0.25) is 0 Å². The molecule has 1 N–H and O–H groups in total. The monoisotopic (exact) mass is 311 g/mol. The highest BCUT2D eigenvalue weighted by atomic mass is 16.5. The standard InChI is InChI=1S/C20H25NO2/c1-5-14(2)18-8-6-7-9-19(18)21-20(22)13-23-17-11-10-15(3)16(4)12-17/h6-12,14H,5,13H2,1-4H3,(H,21,22)/t14-/m1/s1. The van der Waals surface area contributed by atoms with Crippen molar-refractivity contribution < 1.29 is 9.53 Å². The summed E-state index contributed by atoms with van der Waals surface area (Å²) in [7, 11) is 0. The van der Waals surface area contributed by atoms with Gasteiger partial charge in [-0.25, -0.2) is 0 Å². The second-order valence-corrected chi connectivity index (χ2v) is 5.98. The molecule has 2 aromatic rings. The number of carbonyl (C=O) groups excluding carboxylic acids is 1. The molecule has 0 saturated carbocycles. The maximum atomic E-state index is 12.2. The highest BCUT2D eigenvalue weighted by Gasteiger charge is 2.11. The fourth-order valence-corrected chi connectivity index (χ4v) is 2.40. The van der Waals surface area contributed by atoms with Crippen molar-refractivity contribution in [3.05, 3.63) is 59.2 Å². The summed E-state index contributed by atoms with van der Waals surface area (Å²) in [5.41, 5.74) is 4.40. The highest BCUT2D eigenvalue weighted by molar-refractivity contribution is 5.92. The Labute approximate surface area is 138 Å². The van der Waals surface area contributed by atoms with E-state index in [1.165, 1.54) is 5.56 Å². The first-order valence-electron chi connectivity index (χ1n) is 8.10. The lowest BCUT2D eigenvalue weighted by atomic mass is 9.97. The molecule has 1 atom stereocenters. The van der Waals surface area contributed by atoms with Gasteiger partial charge < -0.3 is 10.1 Å². The van der Waals surface area contributed by atoms with Gasteiger partial charge in [0.05, 0.1) is 0 Å². The normalized spacial score (nSPS) is 11.8. The van der Waals surface area contributed by atoms with Gasteiger partial charge in [-0.1, -0.05) is 38.1 Å². The highest BCUT2D eigenvalue weighted by Crippen LogP contribution is 2.26. The number of ether oxygens (including phenoxy) is 1. The van der Waals surface area contributed by atoms with Crippen LogP contribution in [-0.2, 0) is 4.79 Å². The molecular weight excluding hydrogens is 286 g/mol. The number of rotatable bonds is 6. The minimum absolute atomic E-state index is 0.0113. The Kier molecular flexibility index (Phi) is 5.80. The van der Waals surface area contributed by atoms with Crippen molar-refractivity contribution in [1.29, 1.82) is 0 Å². The van der Waals surface area contributed by atoms with Crippen molar-refractivity contribution in [2.24, 2.45) is 0 Å². The summed E-state index contributed by atoms with van der Waals surface area (Å²) in [5, 5.41) is 2.96. The summed E-state index contributed by atoms with van der Waals surface area (Å²) in [6, 6.07) is 13.8. The number of carbonyl (C=O) groups is 1. The quantitative estimate of drug-likeness (QED) is 0.829. The zero-order valence-corrected chi connectivity index (χ0v) is 14.3. The minimum atomic E-state index is -0.140. The largest absolute Gasteiger partial charge is 0.484 e. The number of hydrogen-bond acceptors (Lipinski definition) is 2. The molecular formula is C20H25NO2. The lowest BCUT2D eigenvalue weighted by Gasteiger charge is -2.16. The smallest absolute Gasteiger partial charge is 0.262 e. The van der Waals surface area contributed by atoms with Gasteiger partial charge in [-0.15, -0.1) is 0 Å². The van der Waals surface area contributed by atoms with E-state index in [0.29, 0.717) is 5.92 Å². The molecule has 0 spiro atoms. The van der Waals surface area contributed by atoms with Crippen molar-refractivity contribution in [2.75, 3.05) is 11.9 Å².